The van der Waals surface area contributed by atoms with E-state index < -0.39 is 6.10 Å². The second kappa shape index (κ2) is 6.29. The van der Waals surface area contributed by atoms with E-state index in [1.54, 1.807) is 0 Å². The highest BCUT2D eigenvalue weighted by Gasteiger charge is 2.26. The van der Waals surface area contributed by atoms with Gasteiger partial charge in [-0.05, 0) is 60.6 Å². The lowest BCUT2D eigenvalue weighted by molar-refractivity contribution is 0.134. The molecule has 3 heteroatoms. The van der Waals surface area contributed by atoms with Gasteiger partial charge in [0, 0.05) is 10.4 Å². The zero-order valence-electron chi connectivity index (χ0n) is 11.7. The summed E-state index contributed by atoms with van der Waals surface area (Å²) in [6.45, 7) is 0. The summed E-state index contributed by atoms with van der Waals surface area (Å²) in [6.07, 6.45) is 3.20. The number of fused-ring (bicyclic) bond motifs is 1. The van der Waals surface area contributed by atoms with Gasteiger partial charge in [0.15, 0.2) is 0 Å². The van der Waals surface area contributed by atoms with E-state index in [1.807, 2.05) is 12.1 Å². The minimum Gasteiger partial charge on any atom is -0.392 e. The van der Waals surface area contributed by atoms with Crippen molar-refractivity contribution in [3.05, 3.63) is 69.4 Å². The molecule has 1 aliphatic carbocycles. The molecule has 2 atom stereocenters. The Balaban J connectivity index is 1.81. The molecule has 0 aromatic heterocycles. The van der Waals surface area contributed by atoms with Crippen LogP contribution >= 0.6 is 15.9 Å². The van der Waals surface area contributed by atoms with Crippen LogP contribution in [0.5, 0.6) is 0 Å². The maximum absolute atomic E-state index is 13.4. The lowest BCUT2D eigenvalue weighted by Gasteiger charge is -2.29. The van der Waals surface area contributed by atoms with Crippen LogP contribution in [0.1, 0.15) is 35.4 Å². The topological polar surface area (TPSA) is 20.2 Å². The van der Waals surface area contributed by atoms with E-state index in [1.165, 1.54) is 23.3 Å². The Morgan fingerprint density at radius 3 is 2.86 bits per heavy atom. The number of halogens is 2. The highest BCUT2D eigenvalue weighted by atomic mass is 79.9. The van der Waals surface area contributed by atoms with Crippen LogP contribution in [0.2, 0.25) is 0 Å². The number of hydrogen-bond acceptors (Lipinski definition) is 1. The molecular formula is C18H18BrFO. The summed E-state index contributed by atoms with van der Waals surface area (Å²) >= 11 is 3.30. The van der Waals surface area contributed by atoms with Crippen molar-refractivity contribution >= 4 is 15.9 Å². The third kappa shape index (κ3) is 3.35. The van der Waals surface area contributed by atoms with Crippen LogP contribution in [-0.2, 0) is 12.8 Å². The number of aryl methyl sites for hydroxylation is 1. The standard InChI is InChI=1S/C18H18BrFO/c19-14-8-12(9-15(20)11-14)10-18(21)17-7-3-5-13-4-1-2-6-16(13)17/h1-2,4,6,8-9,11,17-18,21H,3,5,7,10H2. The predicted molar refractivity (Wildman–Crippen MR) is 85.9 cm³/mol. The van der Waals surface area contributed by atoms with E-state index in [0.29, 0.717) is 10.9 Å². The van der Waals surface area contributed by atoms with E-state index in [-0.39, 0.29) is 11.7 Å². The molecule has 3 rings (SSSR count). The fourth-order valence-corrected chi connectivity index (χ4v) is 3.82. The van der Waals surface area contributed by atoms with Crippen molar-refractivity contribution in [2.24, 2.45) is 0 Å². The third-order valence-electron chi connectivity index (χ3n) is 4.25. The van der Waals surface area contributed by atoms with Gasteiger partial charge in [-0.25, -0.2) is 4.39 Å². The van der Waals surface area contributed by atoms with Crippen LogP contribution in [0.25, 0.3) is 0 Å². The molecule has 0 heterocycles. The van der Waals surface area contributed by atoms with Crippen molar-refractivity contribution in [1.82, 2.24) is 0 Å². The molecule has 0 bridgehead atoms. The summed E-state index contributed by atoms with van der Waals surface area (Å²) in [4.78, 5) is 0. The van der Waals surface area contributed by atoms with E-state index in [9.17, 15) is 9.50 Å². The molecule has 2 unspecified atom stereocenters. The average Bonchev–Trinajstić information content (AvgIpc) is 2.45. The molecule has 0 radical (unpaired) electrons. The van der Waals surface area contributed by atoms with Crippen molar-refractivity contribution in [2.45, 2.75) is 37.7 Å². The van der Waals surface area contributed by atoms with Crippen molar-refractivity contribution in [1.29, 1.82) is 0 Å². The van der Waals surface area contributed by atoms with Gasteiger partial charge in [0.2, 0.25) is 0 Å². The second-order valence-electron chi connectivity index (χ2n) is 5.75. The summed E-state index contributed by atoms with van der Waals surface area (Å²) in [5.41, 5.74) is 3.43. The molecule has 0 amide bonds. The van der Waals surface area contributed by atoms with Crippen molar-refractivity contribution in [2.75, 3.05) is 0 Å². The van der Waals surface area contributed by atoms with Crippen molar-refractivity contribution in [3.63, 3.8) is 0 Å². The highest BCUT2D eigenvalue weighted by molar-refractivity contribution is 9.10. The van der Waals surface area contributed by atoms with E-state index in [4.69, 9.17) is 0 Å². The number of aliphatic hydroxyl groups is 1. The Kier molecular flexibility index (Phi) is 4.41. The molecule has 0 aliphatic heterocycles. The van der Waals surface area contributed by atoms with Crippen LogP contribution in [0.15, 0.2) is 46.9 Å². The summed E-state index contributed by atoms with van der Waals surface area (Å²) < 4.78 is 14.2. The lowest BCUT2D eigenvalue weighted by atomic mass is 9.78. The van der Waals surface area contributed by atoms with Crippen molar-refractivity contribution in [3.8, 4) is 0 Å². The first-order chi connectivity index (χ1) is 10.1. The van der Waals surface area contributed by atoms with E-state index in [0.717, 1.165) is 24.8 Å². The average molecular weight is 349 g/mol. The Bertz CT molecular complexity index is 621. The highest BCUT2D eigenvalue weighted by Crippen LogP contribution is 2.35. The Labute approximate surface area is 132 Å². The molecule has 1 N–H and O–H groups in total. The second-order valence-corrected chi connectivity index (χ2v) is 6.66. The van der Waals surface area contributed by atoms with Gasteiger partial charge in [0.05, 0.1) is 6.10 Å². The molecule has 1 nitrogen and oxygen atoms in total. The molecular weight excluding hydrogens is 331 g/mol. The maximum atomic E-state index is 13.4. The summed E-state index contributed by atoms with van der Waals surface area (Å²) in [7, 11) is 0. The van der Waals surface area contributed by atoms with E-state index in [2.05, 4.69) is 34.1 Å². The Morgan fingerprint density at radius 1 is 1.24 bits per heavy atom. The minimum atomic E-state index is -0.472. The summed E-state index contributed by atoms with van der Waals surface area (Å²) in [6, 6.07) is 13.2. The molecule has 110 valence electrons. The van der Waals surface area contributed by atoms with E-state index >= 15 is 0 Å². The van der Waals surface area contributed by atoms with Gasteiger partial charge in [-0.15, -0.1) is 0 Å². The number of rotatable bonds is 3. The van der Waals surface area contributed by atoms with Crippen LogP contribution in [0.3, 0.4) is 0 Å². The summed E-state index contributed by atoms with van der Waals surface area (Å²) in [5, 5.41) is 10.6. The normalized spacial score (nSPS) is 19.1. The Morgan fingerprint density at radius 2 is 2.05 bits per heavy atom. The van der Waals surface area contributed by atoms with Gasteiger partial charge in [-0.3, -0.25) is 0 Å². The first kappa shape index (κ1) is 14.7. The van der Waals surface area contributed by atoms with Gasteiger partial charge in [0.1, 0.15) is 5.82 Å². The first-order valence-electron chi connectivity index (χ1n) is 7.34. The monoisotopic (exact) mass is 348 g/mol. The third-order valence-corrected chi connectivity index (χ3v) is 4.71. The van der Waals surface area contributed by atoms with Gasteiger partial charge in [-0.1, -0.05) is 40.2 Å². The fraction of sp³-hybridized carbons (Fsp3) is 0.333. The van der Waals surface area contributed by atoms with Crippen LogP contribution in [-0.4, -0.2) is 11.2 Å². The molecule has 0 fully saturated rings. The number of benzene rings is 2. The molecule has 0 spiro atoms. The summed E-state index contributed by atoms with van der Waals surface area (Å²) in [5.74, 6) is -0.118. The van der Waals surface area contributed by atoms with Gasteiger partial charge >= 0.3 is 0 Å². The molecule has 21 heavy (non-hydrogen) atoms. The van der Waals surface area contributed by atoms with Crippen molar-refractivity contribution < 1.29 is 9.50 Å². The van der Waals surface area contributed by atoms with Gasteiger partial charge in [0.25, 0.3) is 0 Å². The molecule has 0 saturated heterocycles. The first-order valence-corrected chi connectivity index (χ1v) is 8.13. The number of aliphatic hydroxyl groups excluding tert-OH is 1. The molecule has 2 aromatic rings. The predicted octanol–water partition coefficient (Wildman–Crippen LogP) is 4.61. The molecule has 2 aromatic carbocycles. The Hall–Kier alpha value is -1.19. The zero-order valence-corrected chi connectivity index (χ0v) is 13.3. The lowest BCUT2D eigenvalue weighted by Crippen LogP contribution is -2.25. The zero-order chi connectivity index (χ0) is 14.8. The van der Waals surface area contributed by atoms with Gasteiger partial charge < -0.3 is 5.11 Å². The molecule has 0 saturated carbocycles. The number of hydrogen-bond donors (Lipinski definition) is 1. The molecule has 1 aliphatic rings. The fourth-order valence-electron chi connectivity index (χ4n) is 3.30. The minimum absolute atomic E-state index is 0.150. The largest absolute Gasteiger partial charge is 0.392 e. The smallest absolute Gasteiger partial charge is 0.124 e. The van der Waals surface area contributed by atoms with Crippen LogP contribution < -0.4 is 0 Å². The van der Waals surface area contributed by atoms with Crippen LogP contribution in [0.4, 0.5) is 4.39 Å². The SMILES string of the molecule is OC(Cc1cc(F)cc(Br)c1)C1CCCc2ccccc21. The quantitative estimate of drug-likeness (QED) is 0.858. The maximum Gasteiger partial charge on any atom is 0.124 e. The van der Waals surface area contributed by atoms with Gasteiger partial charge in [-0.2, -0.15) is 0 Å². The van der Waals surface area contributed by atoms with Crippen LogP contribution in [0, 0.1) is 5.82 Å².